The Morgan fingerprint density at radius 1 is 0.814 bits per heavy atom. The predicted octanol–water partition coefficient (Wildman–Crippen LogP) is 12.1. The number of fused-ring (bicyclic) bond motifs is 6. The first-order valence-electron chi connectivity index (χ1n) is 15.4. The SMILES string of the molecule is C/C=C\C(C)=C/CC.C=Cc1ccc2c(c1C=C)-c1ccc(C)cc1C2(C)C.Cc1ccc2c3ccccc3n(C)c2c1. The average Bonchev–Trinajstić information content (AvgIpc) is 3.40. The van der Waals surface area contributed by atoms with Crippen LogP contribution in [0.2, 0.25) is 0 Å². The molecule has 1 heteroatoms. The molecule has 0 amide bonds. The van der Waals surface area contributed by atoms with Gasteiger partial charge in [-0.2, -0.15) is 0 Å². The molecule has 1 aliphatic carbocycles. The maximum Gasteiger partial charge on any atom is 0.0491 e. The van der Waals surface area contributed by atoms with Gasteiger partial charge >= 0.3 is 0 Å². The molecule has 1 aromatic heterocycles. The maximum atomic E-state index is 4.01. The van der Waals surface area contributed by atoms with Crippen molar-refractivity contribution in [2.45, 2.75) is 60.3 Å². The summed E-state index contributed by atoms with van der Waals surface area (Å²) >= 11 is 0. The molecule has 0 bridgehead atoms. The summed E-state index contributed by atoms with van der Waals surface area (Å²) in [6, 6.07) is 26.3. The lowest BCUT2D eigenvalue weighted by molar-refractivity contribution is 0.659. The van der Waals surface area contributed by atoms with E-state index in [0.717, 1.165) is 12.0 Å². The number of aromatic nitrogens is 1. The van der Waals surface area contributed by atoms with Gasteiger partial charge in [0, 0.05) is 34.3 Å². The fourth-order valence-corrected chi connectivity index (χ4v) is 6.31. The summed E-state index contributed by atoms with van der Waals surface area (Å²) in [4.78, 5) is 0. The molecule has 5 aromatic rings. The highest BCUT2D eigenvalue weighted by atomic mass is 14.9. The largest absolute Gasteiger partial charge is 0.344 e. The zero-order valence-electron chi connectivity index (χ0n) is 27.4. The van der Waals surface area contributed by atoms with Gasteiger partial charge in [0.25, 0.3) is 0 Å². The lowest BCUT2D eigenvalue weighted by Gasteiger charge is -2.22. The van der Waals surface area contributed by atoms with E-state index in [1.165, 1.54) is 66.3 Å². The minimum absolute atomic E-state index is 0.0497. The van der Waals surface area contributed by atoms with Gasteiger partial charge in [-0.15, -0.1) is 0 Å². The second-order valence-corrected chi connectivity index (χ2v) is 12.0. The molecule has 0 unspecified atom stereocenters. The fraction of sp³-hybridized carbons (Fsp3) is 0.238. The molecule has 0 atom stereocenters. The monoisotopic (exact) mass is 565 g/mol. The van der Waals surface area contributed by atoms with Crippen molar-refractivity contribution < 1.29 is 0 Å². The number of nitrogens with zero attached hydrogens (tertiary/aromatic N) is 1. The first-order chi connectivity index (χ1) is 20.6. The second-order valence-electron chi connectivity index (χ2n) is 12.0. The van der Waals surface area contributed by atoms with Crippen molar-refractivity contribution >= 4 is 34.0 Å². The van der Waals surface area contributed by atoms with Crippen LogP contribution in [0.25, 0.3) is 45.1 Å². The Kier molecular flexibility index (Phi) is 9.77. The van der Waals surface area contributed by atoms with Crippen molar-refractivity contribution in [2.24, 2.45) is 7.05 Å². The molecule has 0 radical (unpaired) electrons. The van der Waals surface area contributed by atoms with Crippen LogP contribution < -0.4 is 0 Å². The fourth-order valence-electron chi connectivity index (χ4n) is 6.31. The van der Waals surface area contributed by atoms with Crippen molar-refractivity contribution in [3.63, 3.8) is 0 Å². The van der Waals surface area contributed by atoms with Crippen LogP contribution in [0.4, 0.5) is 0 Å². The third kappa shape index (κ3) is 6.22. The molecule has 4 aromatic carbocycles. The van der Waals surface area contributed by atoms with E-state index in [1.807, 2.05) is 19.1 Å². The smallest absolute Gasteiger partial charge is 0.0491 e. The lowest BCUT2D eigenvalue weighted by atomic mass is 9.81. The van der Waals surface area contributed by atoms with Crippen LogP contribution >= 0.6 is 0 Å². The van der Waals surface area contributed by atoms with Crippen molar-refractivity contribution in [3.05, 3.63) is 143 Å². The third-order valence-electron chi connectivity index (χ3n) is 8.52. The summed E-state index contributed by atoms with van der Waals surface area (Å²) in [5.74, 6) is 0. The van der Waals surface area contributed by atoms with Gasteiger partial charge in [0.1, 0.15) is 0 Å². The second kappa shape index (κ2) is 13.3. The number of benzene rings is 4. The molecule has 0 fully saturated rings. The Labute approximate surface area is 259 Å². The van der Waals surface area contributed by atoms with Crippen LogP contribution in [0.5, 0.6) is 0 Å². The summed E-state index contributed by atoms with van der Waals surface area (Å²) in [6.45, 7) is 23.1. The molecule has 1 heterocycles. The zero-order chi connectivity index (χ0) is 31.3. The van der Waals surface area contributed by atoms with Crippen LogP contribution in [-0.4, -0.2) is 4.57 Å². The molecule has 6 rings (SSSR count). The standard InChI is InChI=1S/C20H20.C14H13N.C8H14/c1-6-14-9-11-17-19(15(14)7-2)16-10-8-13(3)12-18(16)20(17,4)5;1-10-7-8-12-11-5-3-4-6-13(11)15(2)14(12)9-10;1-4-6-8(3)7-5-2/h6-12H,1-2H2,3-5H3;3-9H,1-2H3;4,6-7H,5H2,1-3H3/b;;6-4-,8-7-. The number of hydrogen-bond donors (Lipinski definition) is 0. The van der Waals surface area contributed by atoms with E-state index >= 15 is 0 Å². The predicted molar refractivity (Wildman–Crippen MR) is 193 cm³/mol. The van der Waals surface area contributed by atoms with Gasteiger partial charge in [0.15, 0.2) is 0 Å². The van der Waals surface area contributed by atoms with Crippen molar-refractivity contribution in [2.75, 3.05) is 0 Å². The first kappa shape index (κ1) is 31.6. The topological polar surface area (TPSA) is 4.93 Å². The van der Waals surface area contributed by atoms with E-state index in [1.54, 1.807) is 0 Å². The number of para-hydroxylation sites is 1. The molecule has 220 valence electrons. The van der Waals surface area contributed by atoms with Crippen LogP contribution in [0.1, 0.15) is 74.4 Å². The molecule has 0 aliphatic heterocycles. The van der Waals surface area contributed by atoms with E-state index in [9.17, 15) is 0 Å². The first-order valence-corrected chi connectivity index (χ1v) is 15.4. The highest BCUT2D eigenvalue weighted by molar-refractivity contribution is 6.08. The zero-order valence-corrected chi connectivity index (χ0v) is 27.4. The van der Waals surface area contributed by atoms with E-state index in [4.69, 9.17) is 0 Å². The third-order valence-corrected chi connectivity index (χ3v) is 8.52. The van der Waals surface area contributed by atoms with Crippen LogP contribution in [0.3, 0.4) is 0 Å². The highest BCUT2D eigenvalue weighted by Gasteiger charge is 2.36. The minimum Gasteiger partial charge on any atom is -0.344 e. The Balaban J connectivity index is 0.000000162. The maximum absolute atomic E-state index is 4.01. The molecule has 0 saturated heterocycles. The number of rotatable bonds is 4. The molecule has 1 nitrogen and oxygen atoms in total. The summed E-state index contributed by atoms with van der Waals surface area (Å²) in [7, 11) is 2.13. The molecule has 0 saturated carbocycles. The number of hydrogen-bond acceptors (Lipinski definition) is 0. The summed E-state index contributed by atoms with van der Waals surface area (Å²) < 4.78 is 2.26. The van der Waals surface area contributed by atoms with Crippen molar-refractivity contribution in [1.82, 2.24) is 4.57 Å². The summed E-state index contributed by atoms with van der Waals surface area (Å²) in [6.07, 6.45) is 11.4. The van der Waals surface area contributed by atoms with Crippen LogP contribution in [0, 0.1) is 13.8 Å². The minimum atomic E-state index is 0.0497. The van der Waals surface area contributed by atoms with Crippen LogP contribution in [0.15, 0.2) is 110 Å². The molecular weight excluding hydrogens is 518 g/mol. The Morgan fingerprint density at radius 2 is 1.49 bits per heavy atom. The van der Waals surface area contributed by atoms with E-state index < -0.39 is 0 Å². The molecule has 0 N–H and O–H groups in total. The summed E-state index contributed by atoms with van der Waals surface area (Å²) in [5.41, 5.74) is 14.5. The molecule has 1 aliphatic rings. The van der Waals surface area contributed by atoms with E-state index in [2.05, 4.69) is 157 Å². The van der Waals surface area contributed by atoms with Crippen molar-refractivity contribution in [3.8, 4) is 11.1 Å². The van der Waals surface area contributed by atoms with Gasteiger partial charge in [-0.25, -0.2) is 0 Å². The Morgan fingerprint density at radius 3 is 2.16 bits per heavy atom. The van der Waals surface area contributed by atoms with Gasteiger partial charge in [0.05, 0.1) is 0 Å². The number of allylic oxidation sites excluding steroid dienone is 4. The van der Waals surface area contributed by atoms with Gasteiger partial charge in [-0.05, 0) is 85.2 Å². The quantitative estimate of drug-likeness (QED) is 0.191. The number of aryl methyl sites for hydroxylation is 3. The molecule has 0 spiro atoms. The van der Waals surface area contributed by atoms with E-state index in [0.29, 0.717) is 0 Å². The van der Waals surface area contributed by atoms with Gasteiger partial charge < -0.3 is 4.57 Å². The van der Waals surface area contributed by atoms with Gasteiger partial charge in [-0.1, -0.05) is 136 Å². The van der Waals surface area contributed by atoms with E-state index in [-0.39, 0.29) is 5.41 Å². The molecule has 43 heavy (non-hydrogen) atoms. The summed E-state index contributed by atoms with van der Waals surface area (Å²) in [5, 5.41) is 2.69. The Hall–Kier alpha value is -4.36. The van der Waals surface area contributed by atoms with Gasteiger partial charge in [-0.3, -0.25) is 0 Å². The lowest BCUT2D eigenvalue weighted by Crippen LogP contribution is -2.15. The van der Waals surface area contributed by atoms with Crippen molar-refractivity contribution in [1.29, 1.82) is 0 Å². The normalized spacial score (nSPS) is 13.2. The molecular formula is C42H47N. The highest BCUT2D eigenvalue weighted by Crippen LogP contribution is 2.51. The average molecular weight is 566 g/mol. The van der Waals surface area contributed by atoms with Gasteiger partial charge in [0.2, 0.25) is 0 Å². The van der Waals surface area contributed by atoms with Crippen LogP contribution in [-0.2, 0) is 12.5 Å². The Bertz CT molecular complexity index is 1850.